The smallest absolute Gasteiger partial charge is 0.273 e. The van der Waals surface area contributed by atoms with Crippen molar-refractivity contribution in [1.29, 1.82) is 0 Å². The predicted molar refractivity (Wildman–Crippen MR) is 47.6 cm³/mol. The van der Waals surface area contributed by atoms with E-state index in [2.05, 4.69) is 15.0 Å². The highest BCUT2D eigenvalue weighted by molar-refractivity contribution is 5.91. The first-order valence-corrected chi connectivity index (χ1v) is 4.55. The van der Waals surface area contributed by atoms with Crippen molar-refractivity contribution in [3.63, 3.8) is 0 Å². The van der Waals surface area contributed by atoms with E-state index >= 15 is 0 Å². The van der Waals surface area contributed by atoms with Crippen molar-refractivity contribution >= 4 is 5.91 Å². The van der Waals surface area contributed by atoms with E-state index in [1.807, 2.05) is 0 Å². The van der Waals surface area contributed by atoms with E-state index in [1.165, 1.54) is 12.3 Å². The van der Waals surface area contributed by atoms with Gasteiger partial charge in [-0.05, 0) is 12.8 Å². The van der Waals surface area contributed by atoms with Crippen LogP contribution in [0.1, 0.15) is 23.3 Å². The standard InChI is InChI=1S/C9H12N2O3/c12-6-9(2-3-9)5-10-8(13)7-1-4-14-11-7/h1,4,12H,2-3,5-6H2,(H,10,13). The number of nitrogens with zero attached hydrogens (tertiary/aromatic N) is 1. The number of hydrogen-bond donors (Lipinski definition) is 2. The Bertz CT molecular complexity index is 317. The second kappa shape index (κ2) is 3.42. The molecular formula is C9H12N2O3. The van der Waals surface area contributed by atoms with Crippen molar-refractivity contribution in [2.75, 3.05) is 13.2 Å². The lowest BCUT2D eigenvalue weighted by molar-refractivity contribution is 0.0926. The van der Waals surface area contributed by atoms with Crippen LogP contribution in [-0.4, -0.2) is 29.3 Å². The molecule has 1 heterocycles. The van der Waals surface area contributed by atoms with E-state index < -0.39 is 0 Å². The Hall–Kier alpha value is -1.36. The Morgan fingerprint density at radius 2 is 2.50 bits per heavy atom. The minimum absolute atomic E-state index is 0.0700. The SMILES string of the molecule is O=C(NCC1(CO)CC1)c1ccon1. The number of aromatic nitrogens is 1. The lowest BCUT2D eigenvalue weighted by atomic mass is 10.1. The molecule has 2 rings (SSSR count). The third-order valence-corrected chi connectivity index (χ3v) is 2.59. The first-order chi connectivity index (χ1) is 6.76. The van der Waals surface area contributed by atoms with Crippen LogP contribution in [0.3, 0.4) is 0 Å². The number of hydrogen-bond acceptors (Lipinski definition) is 4. The minimum Gasteiger partial charge on any atom is -0.396 e. The van der Waals surface area contributed by atoms with Crippen LogP contribution in [0.5, 0.6) is 0 Å². The van der Waals surface area contributed by atoms with E-state index in [0.29, 0.717) is 6.54 Å². The molecule has 76 valence electrons. The summed E-state index contributed by atoms with van der Waals surface area (Å²) in [5, 5.41) is 15.2. The normalized spacial score (nSPS) is 17.8. The Morgan fingerprint density at radius 3 is 3.00 bits per heavy atom. The van der Waals surface area contributed by atoms with Crippen LogP contribution in [0, 0.1) is 5.41 Å². The quantitative estimate of drug-likeness (QED) is 0.720. The van der Waals surface area contributed by atoms with Gasteiger partial charge < -0.3 is 14.9 Å². The molecule has 1 aliphatic rings. The average molecular weight is 196 g/mol. The summed E-state index contributed by atoms with van der Waals surface area (Å²) in [7, 11) is 0. The molecule has 0 aliphatic heterocycles. The number of amides is 1. The highest BCUT2D eigenvalue weighted by atomic mass is 16.5. The van der Waals surface area contributed by atoms with E-state index in [9.17, 15) is 4.79 Å². The van der Waals surface area contributed by atoms with Crippen molar-refractivity contribution in [1.82, 2.24) is 10.5 Å². The second-order valence-electron chi connectivity index (χ2n) is 3.73. The summed E-state index contributed by atoms with van der Waals surface area (Å²) in [6.45, 7) is 0.640. The zero-order valence-electron chi connectivity index (χ0n) is 7.69. The lowest BCUT2D eigenvalue weighted by Crippen LogP contribution is -2.31. The van der Waals surface area contributed by atoms with Crippen LogP contribution in [0.2, 0.25) is 0 Å². The van der Waals surface area contributed by atoms with Gasteiger partial charge in [-0.1, -0.05) is 5.16 Å². The van der Waals surface area contributed by atoms with Gasteiger partial charge in [0.2, 0.25) is 0 Å². The molecule has 1 saturated carbocycles. The number of carbonyl (C=O) groups is 1. The van der Waals surface area contributed by atoms with Gasteiger partial charge in [0.05, 0.1) is 6.61 Å². The number of nitrogens with one attached hydrogen (secondary N) is 1. The zero-order valence-corrected chi connectivity index (χ0v) is 7.69. The number of aliphatic hydroxyl groups is 1. The summed E-state index contributed by atoms with van der Waals surface area (Å²) in [4.78, 5) is 11.4. The van der Waals surface area contributed by atoms with Gasteiger partial charge in [-0.3, -0.25) is 4.79 Å². The number of aliphatic hydroxyl groups excluding tert-OH is 1. The molecular weight excluding hydrogens is 184 g/mol. The van der Waals surface area contributed by atoms with Crippen molar-refractivity contribution in [2.45, 2.75) is 12.8 Å². The van der Waals surface area contributed by atoms with Crippen LogP contribution in [0.4, 0.5) is 0 Å². The molecule has 1 aromatic heterocycles. The zero-order chi connectivity index (χ0) is 10.0. The highest BCUT2D eigenvalue weighted by Gasteiger charge is 2.42. The summed E-state index contributed by atoms with van der Waals surface area (Å²) in [6, 6.07) is 1.51. The fraction of sp³-hybridized carbons (Fsp3) is 0.556. The van der Waals surface area contributed by atoms with Crippen LogP contribution in [-0.2, 0) is 0 Å². The first-order valence-electron chi connectivity index (χ1n) is 4.55. The Labute approximate surface area is 81.1 Å². The molecule has 1 amide bonds. The molecule has 5 heteroatoms. The van der Waals surface area contributed by atoms with Gasteiger partial charge in [-0.25, -0.2) is 0 Å². The molecule has 5 nitrogen and oxygen atoms in total. The topological polar surface area (TPSA) is 75.4 Å². The fourth-order valence-corrected chi connectivity index (χ4v) is 1.26. The summed E-state index contributed by atoms with van der Waals surface area (Å²) in [6.07, 6.45) is 3.30. The van der Waals surface area contributed by atoms with E-state index in [0.717, 1.165) is 12.8 Å². The minimum atomic E-state index is -0.251. The van der Waals surface area contributed by atoms with E-state index in [1.54, 1.807) is 0 Å². The van der Waals surface area contributed by atoms with Crippen LogP contribution in [0.15, 0.2) is 16.9 Å². The Kier molecular flexibility index (Phi) is 2.25. The first kappa shape index (κ1) is 9.21. The molecule has 1 aromatic rings. The molecule has 0 unspecified atom stereocenters. The van der Waals surface area contributed by atoms with Crippen LogP contribution in [0.25, 0.3) is 0 Å². The van der Waals surface area contributed by atoms with Crippen LogP contribution < -0.4 is 5.32 Å². The highest BCUT2D eigenvalue weighted by Crippen LogP contribution is 2.44. The lowest BCUT2D eigenvalue weighted by Gasteiger charge is -2.11. The van der Waals surface area contributed by atoms with Gasteiger partial charge in [0.1, 0.15) is 6.26 Å². The maximum Gasteiger partial charge on any atom is 0.273 e. The van der Waals surface area contributed by atoms with Gasteiger partial charge in [-0.2, -0.15) is 0 Å². The molecule has 2 N–H and O–H groups in total. The molecule has 0 radical (unpaired) electrons. The summed E-state index contributed by atoms with van der Waals surface area (Å²) in [5.41, 5.74) is 0.207. The molecule has 1 aliphatic carbocycles. The molecule has 1 fully saturated rings. The molecule has 0 bridgehead atoms. The summed E-state index contributed by atoms with van der Waals surface area (Å²) < 4.78 is 4.55. The van der Waals surface area contributed by atoms with Crippen molar-refractivity contribution in [3.8, 4) is 0 Å². The number of carbonyl (C=O) groups excluding carboxylic acids is 1. The van der Waals surface area contributed by atoms with Gasteiger partial charge in [-0.15, -0.1) is 0 Å². The molecule has 0 spiro atoms. The summed E-state index contributed by atoms with van der Waals surface area (Å²) in [5.74, 6) is -0.251. The largest absolute Gasteiger partial charge is 0.396 e. The van der Waals surface area contributed by atoms with Gasteiger partial charge in [0.15, 0.2) is 5.69 Å². The van der Waals surface area contributed by atoms with Gasteiger partial charge in [0.25, 0.3) is 5.91 Å². The maximum absolute atomic E-state index is 11.4. The Morgan fingerprint density at radius 1 is 1.71 bits per heavy atom. The predicted octanol–water partition coefficient (Wildman–Crippen LogP) is 0.177. The van der Waals surface area contributed by atoms with Crippen molar-refractivity contribution in [2.24, 2.45) is 5.41 Å². The molecule has 0 saturated heterocycles. The Balaban J connectivity index is 1.84. The third kappa shape index (κ3) is 1.77. The molecule has 0 atom stereocenters. The van der Waals surface area contributed by atoms with Crippen molar-refractivity contribution in [3.05, 3.63) is 18.0 Å². The fourth-order valence-electron chi connectivity index (χ4n) is 1.26. The van der Waals surface area contributed by atoms with Gasteiger partial charge >= 0.3 is 0 Å². The number of rotatable bonds is 4. The molecule has 14 heavy (non-hydrogen) atoms. The van der Waals surface area contributed by atoms with Crippen LogP contribution >= 0.6 is 0 Å². The summed E-state index contributed by atoms with van der Waals surface area (Å²) >= 11 is 0. The third-order valence-electron chi connectivity index (χ3n) is 2.59. The average Bonchev–Trinajstić information content (AvgIpc) is 2.78. The van der Waals surface area contributed by atoms with Gasteiger partial charge in [0, 0.05) is 18.0 Å². The monoisotopic (exact) mass is 196 g/mol. The van der Waals surface area contributed by atoms with E-state index in [4.69, 9.17) is 5.11 Å². The molecule has 0 aromatic carbocycles. The maximum atomic E-state index is 11.4. The van der Waals surface area contributed by atoms with Crippen molar-refractivity contribution < 1.29 is 14.4 Å². The van der Waals surface area contributed by atoms with E-state index in [-0.39, 0.29) is 23.6 Å². The second-order valence-corrected chi connectivity index (χ2v) is 3.73.